The van der Waals surface area contributed by atoms with E-state index in [1.54, 1.807) is 0 Å². The molecule has 0 bridgehead atoms. The summed E-state index contributed by atoms with van der Waals surface area (Å²) in [5, 5.41) is 14.6. The van der Waals surface area contributed by atoms with Crippen LogP contribution in [-0.4, -0.2) is 22.4 Å². The van der Waals surface area contributed by atoms with Crippen molar-refractivity contribution >= 4 is 17.4 Å². The van der Waals surface area contributed by atoms with Gasteiger partial charge in [0.2, 0.25) is 0 Å². The van der Waals surface area contributed by atoms with E-state index in [0.717, 1.165) is 62.0 Å². The number of carboxylic acid groups (broad SMARTS) is 1. The molecule has 4 rings (SSSR count). The first kappa shape index (κ1) is 34.4. The van der Waals surface area contributed by atoms with E-state index < -0.39 is 5.97 Å². The van der Waals surface area contributed by atoms with Crippen LogP contribution in [0.3, 0.4) is 0 Å². The first-order valence-electron chi connectivity index (χ1n) is 15.3. The van der Waals surface area contributed by atoms with Crippen LogP contribution in [0.2, 0.25) is 0 Å². The van der Waals surface area contributed by atoms with Gasteiger partial charge in [0, 0.05) is 47.3 Å². The summed E-state index contributed by atoms with van der Waals surface area (Å²) in [5.41, 5.74) is 7.00. The van der Waals surface area contributed by atoms with Crippen LogP contribution in [0.4, 0.5) is 5.69 Å². The summed E-state index contributed by atoms with van der Waals surface area (Å²) < 4.78 is 2.04. The normalized spacial score (nSPS) is 10.9. The topological polar surface area (TPSA) is 74.2 Å². The van der Waals surface area contributed by atoms with Crippen molar-refractivity contribution in [2.75, 3.05) is 5.32 Å². The summed E-state index contributed by atoms with van der Waals surface area (Å²) in [5.74, 6) is -1.04. The van der Waals surface area contributed by atoms with Gasteiger partial charge in [0.05, 0.1) is 0 Å². The molecule has 0 aliphatic heterocycles. The largest absolute Gasteiger partial charge is 1.00 e. The van der Waals surface area contributed by atoms with Crippen molar-refractivity contribution < 1.29 is 44.3 Å². The summed E-state index contributed by atoms with van der Waals surface area (Å²) in [6.45, 7) is 2.05. The molecule has 4 aromatic rings. The van der Waals surface area contributed by atoms with Crippen LogP contribution >= 0.6 is 0 Å². The van der Waals surface area contributed by atoms with Crippen LogP contribution in [0.5, 0.6) is 0 Å². The fraction of sp³-hybridized carbons (Fsp3) is 0.351. The van der Waals surface area contributed by atoms with Gasteiger partial charge in [-0.15, -0.1) is 0 Å². The summed E-state index contributed by atoms with van der Waals surface area (Å²) in [7, 11) is 1.96. The summed E-state index contributed by atoms with van der Waals surface area (Å²) in [6.07, 6.45) is 8.22. The number of rotatable bonds is 17. The van der Waals surface area contributed by atoms with Crippen molar-refractivity contribution in [3.63, 3.8) is 0 Å². The van der Waals surface area contributed by atoms with Crippen molar-refractivity contribution in [3.05, 3.63) is 125 Å². The Balaban J connectivity index is 0.00000506. The molecule has 43 heavy (non-hydrogen) atoms. The minimum absolute atomic E-state index is 0. The van der Waals surface area contributed by atoms with Gasteiger partial charge in [0.15, 0.2) is 5.78 Å². The maximum Gasteiger partial charge on any atom is 1.00 e. The Labute approximate surface area is 279 Å². The van der Waals surface area contributed by atoms with E-state index in [1.807, 2.05) is 42.8 Å². The van der Waals surface area contributed by atoms with Gasteiger partial charge in [-0.05, 0) is 93.5 Å². The molecule has 0 saturated carbocycles. The molecule has 0 spiro atoms. The maximum atomic E-state index is 13.7. The molecule has 0 radical (unpaired) electrons. The van der Waals surface area contributed by atoms with E-state index in [0.29, 0.717) is 30.0 Å². The standard InChI is InChI=1S/C37H44N2O3.Na/c1-3-35-34(27-33(39(35)2)24-13-25-36(40)41)37(42)30-20-12-23-32(26-30)38-31(21-10-18-28-14-6-4-7-15-28)22-11-19-29-16-8-5-9-17-29;/h4-9,12,14-17,20,23,26-27,31,38H,3,10-11,13,18-19,21-22,24-25H2,1-2H3,(H,40,41);/q;+1/p-1. The molecular weight excluding hydrogens is 543 g/mol. The van der Waals surface area contributed by atoms with E-state index in [4.69, 9.17) is 0 Å². The van der Waals surface area contributed by atoms with E-state index in [2.05, 4.69) is 72.0 Å². The van der Waals surface area contributed by atoms with Gasteiger partial charge in [0.25, 0.3) is 0 Å². The second-order valence-corrected chi connectivity index (χ2v) is 11.1. The third-order valence-electron chi connectivity index (χ3n) is 8.07. The first-order chi connectivity index (χ1) is 20.4. The molecule has 6 heteroatoms. The van der Waals surface area contributed by atoms with Crippen LogP contribution in [0, 0.1) is 0 Å². The Morgan fingerprint density at radius 3 is 1.95 bits per heavy atom. The Bertz CT molecular complexity index is 1390. The molecule has 1 N–H and O–H groups in total. The number of aliphatic carboxylic acids is 1. The van der Waals surface area contributed by atoms with Crippen molar-refractivity contribution in [2.24, 2.45) is 7.05 Å². The zero-order valence-corrected chi connectivity index (χ0v) is 28.0. The Hall–Kier alpha value is -3.12. The Morgan fingerprint density at radius 2 is 1.40 bits per heavy atom. The third-order valence-corrected chi connectivity index (χ3v) is 8.07. The molecule has 0 saturated heterocycles. The Morgan fingerprint density at radius 1 is 0.791 bits per heavy atom. The second kappa shape index (κ2) is 17.9. The number of nitrogens with one attached hydrogen (secondary N) is 1. The fourth-order valence-electron chi connectivity index (χ4n) is 5.80. The molecule has 0 unspecified atom stereocenters. The smallest absolute Gasteiger partial charge is 0.550 e. The number of ketones is 1. The third kappa shape index (κ3) is 10.5. The number of hydrogen-bond acceptors (Lipinski definition) is 4. The van der Waals surface area contributed by atoms with E-state index in [9.17, 15) is 14.7 Å². The summed E-state index contributed by atoms with van der Waals surface area (Å²) in [6, 6.07) is 31.4. The van der Waals surface area contributed by atoms with Crippen LogP contribution in [0.15, 0.2) is 91.0 Å². The average molecular weight is 587 g/mol. The number of carbonyl (C=O) groups excluding carboxylic acids is 2. The molecule has 1 aromatic heterocycles. The van der Waals surface area contributed by atoms with E-state index in [1.165, 1.54) is 11.1 Å². The van der Waals surface area contributed by atoms with Gasteiger partial charge >= 0.3 is 29.6 Å². The van der Waals surface area contributed by atoms with Crippen LogP contribution in [0.1, 0.15) is 83.9 Å². The predicted molar refractivity (Wildman–Crippen MR) is 169 cm³/mol. The number of hydrogen-bond donors (Lipinski definition) is 1. The maximum absolute atomic E-state index is 13.7. The van der Waals surface area contributed by atoms with Crippen molar-refractivity contribution in [3.8, 4) is 0 Å². The molecule has 0 amide bonds. The average Bonchev–Trinajstić information content (AvgIpc) is 3.32. The quantitative estimate of drug-likeness (QED) is 0.151. The van der Waals surface area contributed by atoms with Gasteiger partial charge in [0.1, 0.15) is 0 Å². The van der Waals surface area contributed by atoms with Crippen LogP contribution < -0.4 is 40.0 Å². The number of benzene rings is 3. The van der Waals surface area contributed by atoms with E-state index in [-0.39, 0.29) is 41.8 Å². The molecular formula is C37H43N2NaO3. The van der Waals surface area contributed by atoms with E-state index >= 15 is 0 Å². The second-order valence-electron chi connectivity index (χ2n) is 11.1. The van der Waals surface area contributed by atoms with Gasteiger partial charge < -0.3 is 19.8 Å². The summed E-state index contributed by atoms with van der Waals surface area (Å²) >= 11 is 0. The number of aryl methyl sites for hydroxylation is 3. The van der Waals surface area contributed by atoms with Crippen molar-refractivity contribution in [2.45, 2.75) is 77.2 Å². The molecule has 0 atom stereocenters. The minimum Gasteiger partial charge on any atom is -0.550 e. The molecule has 0 aliphatic rings. The monoisotopic (exact) mass is 586 g/mol. The zero-order valence-electron chi connectivity index (χ0n) is 26.0. The SMILES string of the molecule is CCc1c(C(=O)c2cccc(NC(CCCc3ccccc3)CCCc3ccccc3)c2)cc(CCCC(=O)[O-])n1C.[Na+]. The fourth-order valence-corrected chi connectivity index (χ4v) is 5.80. The molecule has 0 fully saturated rings. The number of carboxylic acids is 1. The minimum atomic E-state index is -1.04. The predicted octanol–water partition coefficient (Wildman–Crippen LogP) is 3.72. The van der Waals surface area contributed by atoms with Gasteiger partial charge in [-0.25, -0.2) is 0 Å². The van der Waals surface area contributed by atoms with Crippen LogP contribution in [-0.2, 0) is 37.5 Å². The molecule has 3 aromatic carbocycles. The Kier molecular flexibility index (Phi) is 14.3. The van der Waals surface area contributed by atoms with Gasteiger partial charge in [-0.3, -0.25) is 4.79 Å². The van der Waals surface area contributed by atoms with Gasteiger partial charge in [-0.1, -0.05) is 79.7 Å². The first-order valence-corrected chi connectivity index (χ1v) is 15.3. The van der Waals surface area contributed by atoms with Crippen molar-refractivity contribution in [1.82, 2.24) is 4.57 Å². The van der Waals surface area contributed by atoms with Crippen molar-refractivity contribution in [1.29, 1.82) is 0 Å². The number of nitrogens with zero attached hydrogens (tertiary/aromatic N) is 1. The molecule has 1 heterocycles. The molecule has 5 nitrogen and oxygen atoms in total. The molecule has 0 aliphatic carbocycles. The zero-order chi connectivity index (χ0) is 29.7. The van der Waals surface area contributed by atoms with Gasteiger partial charge in [-0.2, -0.15) is 0 Å². The number of anilines is 1. The van der Waals surface area contributed by atoms with Crippen LogP contribution in [0.25, 0.3) is 0 Å². The number of aromatic nitrogens is 1. The number of carbonyl (C=O) groups is 2. The summed E-state index contributed by atoms with van der Waals surface area (Å²) in [4.78, 5) is 24.6. The molecule has 220 valence electrons.